The Kier molecular flexibility index (Phi) is 5.52. The molecule has 30 heavy (non-hydrogen) atoms. The molecule has 2 heterocycles. The van der Waals surface area contributed by atoms with E-state index in [0.717, 1.165) is 29.0 Å². The van der Waals surface area contributed by atoms with Crippen LogP contribution in [0.4, 0.5) is 10.5 Å². The van der Waals surface area contributed by atoms with Crippen molar-refractivity contribution in [1.82, 2.24) is 14.9 Å². The number of urea groups is 1. The normalized spacial score (nSPS) is 12.9. The Hall–Kier alpha value is -3.61. The number of methoxy groups -OCH3 is 1. The fourth-order valence-corrected chi connectivity index (χ4v) is 3.57. The summed E-state index contributed by atoms with van der Waals surface area (Å²) in [5.41, 5.74) is 3.84. The summed E-state index contributed by atoms with van der Waals surface area (Å²) >= 11 is 0. The fraction of sp³-hybridized carbons (Fsp3) is 0.261. The maximum Gasteiger partial charge on any atom is 0.322 e. The average Bonchev–Trinajstić information content (AvgIpc) is 2.78. The summed E-state index contributed by atoms with van der Waals surface area (Å²) < 4.78 is 5.18. The number of carbonyl (C=O) groups is 1. The van der Waals surface area contributed by atoms with E-state index in [9.17, 15) is 9.59 Å². The Labute approximate surface area is 174 Å². The van der Waals surface area contributed by atoms with Gasteiger partial charge in [0.25, 0.3) is 5.56 Å². The minimum atomic E-state index is -0.193. The van der Waals surface area contributed by atoms with Crippen LogP contribution in [0.3, 0.4) is 0 Å². The first kappa shape index (κ1) is 19.7. The Bertz CT molecular complexity index is 1120. The molecule has 0 spiro atoms. The van der Waals surface area contributed by atoms with Crippen molar-refractivity contribution >= 4 is 11.7 Å². The molecule has 2 aromatic carbocycles. The van der Waals surface area contributed by atoms with Crippen molar-refractivity contribution < 1.29 is 9.53 Å². The smallest absolute Gasteiger partial charge is 0.322 e. The van der Waals surface area contributed by atoms with Gasteiger partial charge in [-0.2, -0.15) is 0 Å². The largest absolute Gasteiger partial charge is 0.497 e. The maximum absolute atomic E-state index is 12.8. The molecule has 0 fully saturated rings. The number of aryl methyl sites for hydroxylation is 1. The van der Waals surface area contributed by atoms with Gasteiger partial charge in [0.05, 0.1) is 19.3 Å². The Morgan fingerprint density at radius 2 is 2.03 bits per heavy atom. The standard InChI is InChI=1S/C23H24N4O3/c1-3-15-5-4-6-17(13-15)24-23(29)27-12-11-19-20(14-27)25-21(26-22(19)28)16-7-9-18(30-2)10-8-16/h4-10,13H,3,11-12,14H2,1-2H3,(H,24,29)(H,25,26,28). The lowest BCUT2D eigenvalue weighted by Crippen LogP contribution is -2.41. The molecule has 0 radical (unpaired) electrons. The zero-order chi connectivity index (χ0) is 21.1. The van der Waals surface area contributed by atoms with Gasteiger partial charge < -0.3 is 19.9 Å². The number of H-pyrrole nitrogens is 1. The molecule has 154 valence electrons. The number of aromatic nitrogens is 2. The molecular formula is C23H24N4O3. The summed E-state index contributed by atoms with van der Waals surface area (Å²) in [4.78, 5) is 34.5. The molecule has 1 aromatic heterocycles. The van der Waals surface area contributed by atoms with Crippen LogP contribution >= 0.6 is 0 Å². The summed E-state index contributed by atoms with van der Waals surface area (Å²) in [7, 11) is 1.60. The van der Waals surface area contributed by atoms with Gasteiger partial charge in [0.15, 0.2) is 0 Å². The predicted octanol–water partition coefficient (Wildman–Crippen LogP) is 3.60. The zero-order valence-corrected chi connectivity index (χ0v) is 17.1. The van der Waals surface area contributed by atoms with E-state index in [2.05, 4.69) is 22.2 Å². The molecule has 0 unspecified atom stereocenters. The number of amides is 2. The minimum absolute atomic E-state index is 0.151. The van der Waals surface area contributed by atoms with Crippen LogP contribution in [0.2, 0.25) is 0 Å². The molecule has 3 aromatic rings. The molecule has 0 aliphatic carbocycles. The van der Waals surface area contributed by atoms with Crippen molar-refractivity contribution in [1.29, 1.82) is 0 Å². The number of nitrogens with zero attached hydrogens (tertiary/aromatic N) is 2. The molecule has 1 aliphatic rings. The number of anilines is 1. The Morgan fingerprint density at radius 1 is 1.23 bits per heavy atom. The maximum atomic E-state index is 12.8. The summed E-state index contributed by atoms with van der Waals surface area (Å²) in [6.45, 7) is 2.84. The number of hydrogen-bond donors (Lipinski definition) is 2. The van der Waals surface area contributed by atoms with Crippen molar-refractivity contribution in [3.63, 3.8) is 0 Å². The number of carbonyl (C=O) groups excluding carboxylic acids is 1. The van der Waals surface area contributed by atoms with Gasteiger partial charge in [-0.05, 0) is 54.8 Å². The van der Waals surface area contributed by atoms with Gasteiger partial charge in [0, 0.05) is 23.4 Å². The monoisotopic (exact) mass is 404 g/mol. The third-order valence-electron chi connectivity index (χ3n) is 5.31. The second-order valence-electron chi connectivity index (χ2n) is 7.22. The SMILES string of the molecule is CCc1cccc(NC(=O)N2CCc3c(nc(-c4ccc(OC)cc4)[nH]c3=O)C2)c1. The average molecular weight is 404 g/mol. The second kappa shape index (κ2) is 8.41. The highest BCUT2D eigenvalue weighted by Crippen LogP contribution is 2.22. The van der Waals surface area contributed by atoms with Gasteiger partial charge in [0.2, 0.25) is 0 Å². The number of aromatic amines is 1. The number of nitrogens with one attached hydrogen (secondary N) is 2. The van der Waals surface area contributed by atoms with Gasteiger partial charge in [-0.15, -0.1) is 0 Å². The lowest BCUT2D eigenvalue weighted by Gasteiger charge is -2.28. The zero-order valence-electron chi connectivity index (χ0n) is 17.1. The van der Waals surface area contributed by atoms with Crippen LogP contribution in [0.5, 0.6) is 5.75 Å². The van der Waals surface area contributed by atoms with Gasteiger partial charge in [0.1, 0.15) is 11.6 Å². The van der Waals surface area contributed by atoms with Crippen molar-refractivity contribution in [2.24, 2.45) is 0 Å². The molecule has 1 aliphatic heterocycles. The molecule has 7 heteroatoms. The molecule has 0 atom stereocenters. The van der Waals surface area contributed by atoms with Crippen LogP contribution in [-0.2, 0) is 19.4 Å². The third-order valence-corrected chi connectivity index (χ3v) is 5.31. The molecule has 2 N–H and O–H groups in total. The molecule has 7 nitrogen and oxygen atoms in total. The first-order valence-electron chi connectivity index (χ1n) is 9.98. The second-order valence-corrected chi connectivity index (χ2v) is 7.22. The molecule has 0 bridgehead atoms. The van der Waals surface area contributed by atoms with E-state index in [4.69, 9.17) is 4.74 Å². The summed E-state index contributed by atoms with van der Waals surface area (Å²) in [5, 5.41) is 2.95. The van der Waals surface area contributed by atoms with Crippen LogP contribution in [0, 0.1) is 0 Å². The molecule has 2 amide bonds. The molecule has 4 rings (SSSR count). The number of ether oxygens (including phenoxy) is 1. The van der Waals surface area contributed by atoms with E-state index in [-0.39, 0.29) is 11.6 Å². The van der Waals surface area contributed by atoms with Crippen molar-refractivity contribution in [3.05, 3.63) is 75.7 Å². The topological polar surface area (TPSA) is 87.3 Å². The van der Waals surface area contributed by atoms with Crippen LogP contribution in [0.1, 0.15) is 23.7 Å². The van der Waals surface area contributed by atoms with E-state index in [1.54, 1.807) is 12.0 Å². The van der Waals surface area contributed by atoms with E-state index >= 15 is 0 Å². The van der Waals surface area contributed by atoms with E-state index in [1.807, 2.05) is 48.5 Å². The number of fused-ring (bicyclic) bond motifs is 1. The fourth-order valence-electron chi connectivity index (χ4n) is 3.57. The van der Waals surface area contributed by atoms with Crippen LogP contribution < -0.4 is 15.6 Å². The lowest BCUT2D eigenvalue weighted by molar-refractivity contribution is 0.205. The molecule has 0 saturated heterocycles. The van der Waals surface area contributed by atoms with Crippen molar-refractivity contribution in [3.8, 4) is 17.1 Å². The summed E-state index contributed by atoms with van der Waals surface area (Å²) in [6, 6.07) is 14.9. The van der Waals surface area contributed by atoms with Gasteiger partial charge >= 0.3 is 6.03 Å². The van der Waals surface area contributed by atoms with Crippen LogP contribution in [-0.4, -0.2) is 34.6 Å². The minimum Gasteiger partial charge on any atom is -0.497 e. The molecule has 0 saturated carbocycles. The van der Waals surface area contributed by atoms with Gasteiger partial charge in [-0.3, -0.25) is 4.79 Å². The number of benzene rings is 2. The predicted molar refractivity (Wildman–Crippen MR) is 116 cm³/mol. The first-order valence-corrected chi connectivity index (χ1v) is 9.98. The van der Waals surface area contributed by atoms with E-state index in [0.29, 0.717) is 36.6 Å². The third kappa shape index (κ3) is 4.05. The highest BCUT2D eigenvalue weighted by Gasteiger charge is 2.24. The summed E-state index contributed by atoms with van der Waals surface area (Å²) in [6.07, 6.45) is 1.38. The first-order chi connectivity index (χ1) is 14.6. The van der Waals surface area contributed by atoms with Gasteiger partial charge in [-0.25, -0.2) is 9.78 Å². The number of rotatable bonds is 4. The van der Waals surface area contributed by atoms with Crippen molar-refractivity contribution in [2.45, 2.75) is 26.3 Å². The quantitative estimate of drug-likeness (QED) is 0.696. The van der Waals surface area contributed by atoms with Crippen molar-refractivity contribution in [2.75, 3.05) is 19.0 Å². The highest BCUT2D eigenvalue weighted by molar-refractivity contribution is 5.89. The Morgan fingerprint density at radius 3 is 2.77 bits per heavy atom. The van der Waals surface area contributed by atoms with E-state index in [1.165, 1.54) is 0 Å². The van der Waals surface area contributed by atoms with Gasteiger partial charge in [-0.1, -0.05) is 19.1 Å². The van der Waals surface area contributed by atoms with Crippen LogP contribution in [0.25, 0.3) is 11.4 Å². The van der Waals surface area contributed by atoms with Crippen LogP contribution in [0.15, 0.2) is 53.3 Å². The number of hydrogen-bond acceptors (Lipinski definition) is 4. The molecular weight excluding hydrogens is 380 g/mol. The highest BCUT2D eigenvalue weighted by atomic mass is 16.5. The Balaban J connectivity index is 1.55. The lowest BCUT2D eigenvalue weighted by atomic mass is 10.1. The van der Waals surface area contributed by atoms with E-state index < -0.39 is 0 Å². The summed E-state index contributed by atoms with van der Waals surface area (Å²) in [5.74, 6) is 1.22.